The molecule has 0 unspecified atom stereocenters. The predicted octanol–water partition coefficient (Wildman–Crippen LogP) is 2.70. The van der Waals surface area contributed by atoms with E-state index in [4.69, 9.17) is 0 Å². The number of aromatic nitrogens is 1. The lowest BCUT2D eigenvalue weighted by Gasteiger charge is -2.14. The van der Waals surface area contributed by atoms with Crippen LogP contribution in [0.1, 0.15) is 31.9 Å². The van der Waals surface area contributed by atoms with Crippen molar-refractivity contribution in [2.75, 3.05) is 6.54 Å². The van der Waals surface area contributed by atoms with E-state index in [-0.39, 0.29) is 0 Å². The second-order valence-electron chi connectivity index (χ2n) is 3.49. The summed E-state index contributed by atoms with van der Waals surface area (Å²) in [4.78, 5) is 3.99. The van der Waals surface area contributed by atoms with Crippen molar-refractivity contribution in [1.82, 2.24) is 10.3 Å². The lowest BCUT2D eigenvalue weighted by atomic mass is 10.1. The zero-order valence-corrected chi connectivity index (χ0v) is 8.96. The van der Waals surface area contributed by atoms with Crippen molar-refractivity contribution in [1.29, 1.82) is 0 Å². The molecular formula is C12H18N2. The zero-order valence-electron chi connectivity index (χ0n) is 8.96. The molecule has 1 rings (SSSR count). The van der Waals surface area contributed by atoms with Gasteiger partial charge in [-0.15, -0.1) is 0 Å². The Hall–Kier alpha value is -1.15. The second-order valence-corrected chi connectivity index (χ2v) is 3.49. The highest BCUT2D eigenvalue weighted by Crippen LogP contribution is 2.10. The normalized spacial score (nSPS) is 12.4. The van der Waals surface area contributed by atoms with Crippen molar-refractivity contribution in [3.63, 3.8) is 0 Å². The van der Waals surface area contributed by atoms with Gasteiger partial charge in [-0.05, 0) is 31.0 Å². The molecule has 2 nitrogen and oxygen atoms in total. The minimum absolute atomic E-state index is 0.362. The summed E-state index contributed by atoms with van der Waals surface area (Å²) in [5.74, 6) is 0. The first-order valence-corrected chi connectivity index (χ1v) is 5.04. The fraction of sp³-hybridized carbons (Fsp3) is 0.417. The highest BCUT2D eigenvalue weighted by molar-refractivity contribution is 5.14. The molecule has 0 radical (unpaired) electrons. The third-order valence-corrected chi connectivity index (χ3v) is 2.36. The van der Waals surface area contributed by atoms with Gasteiger partial charge in [-0.2, -0.15) is 0 Å². The van der Waals surface area contributed by atoms with Crippen LogP contribution in [0.4, 0.5) is 0 Å². The van der Waals surface area contributed by atoms with Crippen LogP contribution in [0.25, 0.3) is 0 Å². The molecule has 1 N–H and O–H groups in total. The maximum absolute atomic E-state index is 3.99. The van der Waals surface area contributed by atoms with Crippen LogP contribution in [-0.4, -0.2) is 11.5 Å². The Labute approximate surface area is 86.1 Å². The average molecular weight is 190 g/mol. The van der Waals surface area contributed by atoms with E-state index in [0.717, 1.165) is 13.0 Å². The van der Waals surface area contributed by atoms with Gasteiger partial charge in [0.05, 0.1) is 0 Å². The quantitative estimate of drug-likeness (QED) is 0.722. The summed E-state index contributed by atoms with van der Waals surface area (Å²) < 4.78 is 0. The van der Waals surface area contributed by atoms with Crippen molar-refractivity contribution in [3.8, 4) is 0 Å². The predicted molar refractivity (Wildman–Crippen MR) is 60.1 cm³/mol. The van der Waals surface area contributed by atoms with Crippen molar-refractivity contribution in [2.45, 2.75) is 26.3 Å². The Morgan fingerprint density at radius 3 is 2.71 bits per heavy atom. The van der Waals surface area contributed by atoms with Gasteiger partial charge in [0.15, 0.2) is 0 Å². The molecule has 1 heterocycles. The maximum Gasteiger partial charge on any atom is 0.0295 e. The maximum atomic E-state index is 3.99. The fourth-order valence-corrected chi connectivity index (χ4v) is 1.19. The summed E-state index contributed by atoms with van der Waals surface area (Å²) in [6, 6.07) is 4.43. The highest BCUT2D eigenvalue weighted by Gasteiger charge is 2.03. The summed E-state index contributed by atoms with van der Waals surface area (Å²) in [7, 11) is 0. The van der Waals surface area contributed by atoms with E-state index < -0.39 is 0 Å². The van der Waals surface area contributed by atoms with E-state index in [2.05, 4.69) is 30.7 Å². The van der Waals surface area contributed by atoms with E-state index in [0.29, 0.717) is 6.04 Å². The summed E-state index contributed by atoms with van der Waals surface area (Å²) in [5, 5.41) is 3.42. The first-order chi connectivity index (χ1) is 6.74. The first kappa shape index (κ1) is 10.9. The SMILES string of the molecule is C=C(CC)CN[C@@H](C)c1ccncc1. The van der Waals surface area contributed by atoms with Crippen molar-refractivity contribution in [2.24, 2.45) is 0 Å². The Balaban J connectivity index is 2.43. The van der Waals surface area contributed by atoms with Gasteiger partial charge in [-0.25, -0.2) is 0 Å². The van der Waals surface area contributed by atoms with Crippen LogP contribution in [-0.2, 0) is 0 Å². The second kappa shape index (κ2) is 5.55. The van der Waals surface area contributed by atoms with E-state index in [1.807, 2.05) is 24.5 Å². The molecule has 0 aliphatic rings. The molecule has 1 atom stereocenters. The zero-order chi connectivity index (χ0) is 10.4. The summed E-state index contributed by atoms with van der Waals surface area (Å²) >= 11 is 0. The molecule has 0 bridgehead atoms. The highest BCUT2D eigenvalue weighted by atomic mass is 14.9. The Kier molecular flexibility index (Phi) is 4.33. The van der Waals surface area contributed by atoms with Gasteiger partial charge >= 0.3 is 0 Å². The van der Waals surface area contributed by atoms with Crippen LogP contribution in [0.3, 0.4) is 0 Å². The number of nitrogens with zero attached hydrogens (tertiary/aromatic N) is 1. The number of nitrogens with one attached hydrogen (secondary N) is 1. The topological polar surface area (TPSA) is 24.9 Å². The van der Waals surface area contributed by atoms with Gasteiger partial charge in [0, 0.05) is 25.0 Å². The number of pyridine rings is 1. The van der Waals surface area contributed by atoms with Gasteiger partial charge in [-0.3, -0.25) is 4.98 Å². The largest absolute Gasteiger partial charge is 0.306 e. The summed E-state index contributed by atoms with van der Waals surface area (Å²) in [6.07, 6.45) is 4.68. The van der Waals surface area contributed by atoms with Crippen LogP contribution in [0.2, 0.25) is 0 Å². The van der Waals surface area contributed by atoms with Gasteiger partial charge in [0.25, 0.3) is 0 Å². The van der Waals surface area contributed by atoms with Crippen LogP contribution in [0.15, 0.2) is 36.7 Å². The molecule has 0 aromatic carbocycles. The van der Waals surface area contributed by atoms with E-state index in [1.54, 1.807) is 0 Å². The molecular weight excluding hydrogens is 172 g/mol. The van der Waals surface area contributed by atoms with Crippen molar-refractivity contribution >= 4 is 0 Å². The van der Waals surface area contributed by atoms with Gasteiger partial charge in [0.1, 0.15) is 0 Å². The number of rotatable bonds is 5. The first-order valence-electron chi connectivity index (χ1n) is 5.04. The minimum Gasteiger partial charge on any atom is -0.306 e. The van der Waals surface area contributed by atoms with E-state index in [9.17, 15) is 0 Å². The van der Waals surface area contributed by atoms with Crippen LogP contribution >= 0.6 is 0 Å². The lowest BCUT2D eigenvalue weighted by Crippen LogP contribution is -2.20. The van der Waals surface area contributed by atoms with Crippen LogP contribution in [0, 0.1) is 0 Å². The Bertz CT molecular complexity index is 280. The molecule has 1 aromatic heterocycles. The molecule has 0 saturated heterocycles. The molecule has 14 heavy (non-hydrogen) atoms. The van der Waals surface area contributed by atoms with Gasteiger partial charge in [-0.1, -0.05) is 19.1 Å². The fourth-order valence-electron chi connectivity index (χ4n) is 1.19. The third-order valence-electron chi connectivity index (χ3n) is 2.36. The number of hydrogen-bond acceptors (Lipinski definition) is 2. The standard InChI is InChI=1S/C12H18N2/c1-4-10(2)9-14-11(3)12-5-7-13-8-6-12/h5-8,11,14H,2,4,9H2,1,3H3/t11-/m0/s1. The number of hydrogen-bond donors (Lipinski definition) is 1. The van der Waals surface area contributed by atoms with Gasteiger partial charge < -0.3 is 5.32 Å². The molecule has 2 heteroatoms. The monoisotopic (exact) mass is 190 g/mol. The average Bonchev–Trinajstić information content (AvgIpc) is 2.26. The van der Waals surface area contributed by atoms with Crippen LogP contribution < -0.4 is 5.32 Å². The van der Waals surface area contributed by atoms with E-state index in [1.165, 1.54) is 11.1 Å². The molecule has 0 saturated carbocycles. The Morgan fingerprint density at radius 2 is 2.14 bits per heavy atom. The minimum atomic E-state index is 0.362. The lowest BCUT2D eigenvalue weighted by molar-refractivity contribution is 0.601. The van der Waals surface area contributed by atoms with Gasteiger partial charge in [0.2, 0.25) is 0 Å². The smallest absolute Gasteiger partial charge is 0.0295 e. The van der Waals surface area contributed by atoms with Crippen molar-refractivity contribution in [3.05, 3.63) is 42.2 Å². The molecule has 0 aliphatic carbocycles. The Morgan fingerprint density at radius 1 is 1.50 bits per heavy atom. The summed E-state index contributed by atoms with van der Waals surface area (Å²) in [6.45, 7) is 9.13. The van der Waals surface area contributed by atoms with Crippen LogP contribution in [0.5, 0.6) is 0 Å². The molecule has 0 aliphatic heterocycles. The third kappa shape index (κ3) is 3.30. The molecule has 76 valence electrons. The molecule has 0 spiro atoms. The summed E-state index contributed by atoms with van der Waals surface area (Å²) in [5.41, 5.74) is 2.51. The molecule has 0 amide bonds. The van der Waals surface area contributed by atoms with Crippen molar-refractivity contribution < 1.29 is 0 Å². The molecule has 0 fully saturated rings. The van der Waals surface area contributed by atoms with E-state index >= 15 is 0 Å². The molecule has 1 aromatic rings.